The minimum Gasteiger partial charge on any atom is -0.381 e. The van der Waals surface area contributed by atoms with E-state index in [1.165, 1.54) is 0 Å². The van der Waals surface area contributed by atoms with E-state index in [0.29, 0.717) is 19.8 Å². The lowest BCUT2D eigenvalue weighted by Crippen LogP contribution is -2.62. The van der Waals surface area contributed by atoms with Crippen molar-refractivity contribution in [2.24, 2.45) is 5.41 Å². The summed E-state index contributed by atoms with van der Waals surface area (Å²) < 4.78 is 7.54. The summed E-state index contributed by atoms with van der Waals surface area (Å²) in [5.41, 5.74) is 1.74. The van der Waals surface area contributed by atoms with Crippen LogP contribution in [0.15, 0.2) is 29.5 Å². The Morgan fingerprint density at radius 1 is 1.34 bits per heavy atom. The maximum absolute atomic E-state index is 13.4. The van der Waals surface area contributed by atoms with E-state index < -0.39 is 0 Å². The first-order valence-corrected chi connectivity index (χ1v) is 10.4. The van der Waals surface area contributed by atoms with Crippen LogP contribution in [0.25, 0.3) is 0 Å². The smallest absolute Gasteiger partial charge is 0.260 e. The topological polar surface area (TPSA) is 80.2 Å². The molecule has 1 spiro atoms. The Balaban J connectivity index is 1.70. The van der Waals surface area contributed by atoms with Gasteiger partial charge in [0.25, 0.3) is 11.5 Å². The first kappa shape index (κ1) is 19.9. The molecule has 2 aliphatic heterocycles. The Labute approximate surface area is 171 Å². The van der Waals surface area contributed by atoms with Crippen LogP contribution in [-0.4, -0.2) is 45.3 Å². The Morgan fingerprint density at radius 2 is 2.07 bits per heavy atom. The van der Waals surface area contributed by atoms with E-state index in [1.807, 2.05) is 28.9 Å². The Bertz CT molecular complexity index is 963. The number of nitrogens with zero attached hydrogens (tertiary/aromatic N) is 3. The van der Waals surface area contributed by atoms with Crippen molar-refractivity contribution in [1.29, 1.82) is 0 Å². The van der Waals surface area contributed by atoms with Gasteiger partial charge in [0, 0.05) is 43.1 Å². The largest absolute Gasteiger partial charge is 0.381 e. The summed E-state index contributed by atoms with van der Waals surface area (Å²) in [6.07, 6.45) is 8.19. The molecule has 4 heterocycles. The van der Waals surface area contributed by atoms with Crippen LogP contribution in [-0.2, 0) is 16.7 Å². The number of aryl methyl sites for hydroxylation is 1. The van der Waals surface area contributed by atoms with Crippen molar-refractivity contribution in [3.8, 4) is 0 Å². The number of aromatic amines is 1. The van der Waals surface area contributed by atoms with Crippen LogP contribution in [0.5, 0.6) is 0 Å². The van der Waals surface area contributed by atoms with E-state index in [9.17, 15) is 9.59 Å². The van der Waals surface area contributed by atoms with Gasteiger partial charge in [0.15, 0.2) is 0 Å². The van der Waals surface area contributed by atoms with Gasteiger partial charge in [-0.05, 0) is 51.7 Å². The van der Waals surface area contributed by atoms with Crippen molar-refractivity contribution >= 4 is 5.91 Å². The summed E-state index contributed by atoms with van der Waals surface area (Å²) in [5.74, 6) is -0.202. The number of nitrogens with one attached hydrogen (secondary N) is 1. The predicted molar refractivity (Wildman–Crippen MR) is 110 cm³/mol. The monoisotopic (exact) mass is 398 g/mol. The summed E-state index contributed by atoms with van der Waals surface area (Å²) in [5, 5.41) is 4.56. The average molecular weight is 399 g/mol. The highest BCUT2D eigenvalue weighted by Crippen LogP contribution is 2.55. The summed E-state index contributed by atoms with van der Waals surface area (Å²) in [6, 6.07) is 1.64. The van der Waals surface area contributed by atoms with E-state index in [4.69, 9.17) is 4.74 Å². The number of likely N-dealkylation sites (tertiary alicyclic amines) is 1. The molecule has 1 unspecified atom stereocenters. The molecule has 156 valence electrons. The number of carbonyl (C=O) groups is 1. The number of amides is 1. The molecule has 0 aliphatic carbocycles. The number of rotatable bonds is 3. The molecule has 29 heavy (non-hydrogen) atoms. The van der Waals surface area contributed by atoms with Crippen LogP contribution >= 0.6 is 0 Å². The fourth-order valence-corrected chi connectivity index (χ4v) is 4.56. The second-order valence-electron chi connectivity index (χ2n) is 9.30. The van der Waals surface area contributed by atoms with Gasteiger partial charge in [0.1, 0.15) is 5.56 Å². The van der Waals surface area contributed by atoms with Gasteiger partial charge in [-0.25, -0.2) is 0 Å². The molecule has 1 atom stereocenters. The summed E-state index contributed by atoms with van der Waals surface area (Å²) >= 11 is 0. The average Bonchev–Trinajstić information content (AvgIpc) is 3.16. The number of aromatic nitrogens is 3. The quantitative estimate of drug-likeness (QED) is 0.862. The molecule has 7 nitrogen and oxygen atoms in total. The van der Waals surface area contributed by atoms with Crippen LogP contribution in [0.1, 0.15) is 68.1 Å². The van der Waals surface area contributed by atoms with Crippen LogP contribution in [0.4, 0.5) is 0 Å². The number of hydrogen-bond donors (Lipinski definition) is 1. The molecule has 2 aromatic heterocycles. The lowest BCUT2D eigenvalue weighted by Gasteiger charge is -2.58. The minimum atomic E-state index is -0.329. The summed E-state index contributed by atoms with van der Waals surface area (Å²) in [7, 11) is 0. The fourth-order valence-electron chi connectivity index (χ4n) is 4.56. The van der Waals surface area contributed by atoms with Crippen LogP contribution in [0.2, 0.25) is 0 Å². The SMILES string of the molecule is CCc1c[nH]c(=O)c(C(=O)N2CC3(CCOCC3)C2c2cnn(C(C)(C)C)c2)c1. The van der Waals surface area contributed by atoms with Crippen molar-refractivity contribution in [3.63, 3.8) is 0 Å². The number of carbonyl (C=O) groups excluding carboxylic acids is 1. The molecule has 0 saturated carbocycles. The van der Waals surface area contributed by atoms with Crippen molar-refractivity contribution in [2.75, 3.05) is 19.8 Å². The molecule has 0 radical (unpaired) electrons. The zero-order valence-electron chi connectivity index (χ0n) is 17.7. The van der Waals surface area contributed by atoms with Crippen LogP contribution < -0.4 is 5.56 Å². The fraction of sp³-hybridized carbons (Fsp3) is 0.591. The standard InChI is InChI=1S/C22H30N4O3/c1-5-15-10-17(19(27)23-11-15)20(28)25-14-22(6-8-29-9-7-22)18(25)16-12-24-26(13-16)21(2,3)4/h10-13,18H,5-9,14H2,1-4H3,(H,23,27). The van der Waals surface area contributed by atoms with Gasteiger partial charge in [0.2, 0.25) is 0 Å². The predicted octanol–water partition coefficient (Wildman–Crippen LogP) is 2.88. The Hall–Kier alpha value is -2.41. The first-order valence-electron chi connectivity index (χ1n) is 10.4. The van der Waals surface area contributed by atoms with Gasteiger partial charge < -0.3 is 14.6 Å². The maximum atomic E-state index is 13.4. The first-order chi connectivity index (χ1) is 13.7. The van der Waals surface area contributed by atoms with E-state index >= 15 is 0 Å². The molecule has 1 N–H and O–H groups in total. The van der Waals surface area contributed by atoms with Crippen LogP contribution in [0, 0.1) is 5.41 Å². The number of H-pyrrole nitrogens is 1. The van der Waals surface area contributed by atoms with E-state index in [-0.39, 0.29) is 34.0 Å². The molecule has 4 rings (SSSR count). The highest BCUT2D eigenvalue weighted by atomic mass is 16.5. The minimum absolute atomic E-state index is 0.00517. The maximum Gasteiger partial charge on any atom is 0.260 e. The van der Waals surface area contributed by atoms with Gasteiger partial charge in [-0.1, -0.05) is 6.92 Å². The van der Waals surface area contributed by atoms with E-state index in [1.54, 1.807) is 12.3 Å². The third-order valence-corrected chi connectivity index (χ3v) is 6.33. The highest BCUT2D eigenvalue weighted by molar-refractivity contribution is 5.95. The normalized spacial score (nSPS) is 21.2. The van der Waals surface area contributed by atoms with Crippen LogP contribution in [0.3, 0.4) is 0 Å². The molecule has 2 aromatic rings. The van der Waals surface area contributed by atoms with Gasteiger partial charge in [-0.3, -0.25) is 14.3 Å². The Kier molecular flexibility index (Phi) is 4.89. The Morgan fingerprint density at radius 3 is 2.69 bits per heavy atom. The number of pyridine rings is 1. The molecular weight excluding hydrogens is 368 g/mol. The molecule has 2 aliphatic rings. The van der Waals surface area contributed by atoms with Crippen molar-refractivity contribution in [2.45, 2.75) is 58.5 Å². The lowest BCUT2D eigenvalue weighted by atomic mass is 9.64. The van der Waals surface area contributed by atoms with E-state index in [2.05, 4.69) is 30.9 Å². The molecule has 7 heteroatoms. The second-order valence-corrected chi connectivity index (χ2v) is 9.30. The van der Waals surface area contributed by atoms with Crippen molar-refractivity contribution in [1.82, 2.24) is 19.7 Å². The van der Waals surface area contributed by atoms with Gasteiger partial charge in [-0.15, -0.1) is 0 Å². The van der Waals surface area contributed by atoms with Gasteiger partial charge >= 0.3 is 0 Å². The molecule has 0 aromatic carbocycles. The number of hydrogen-bond acceptors (Lipinski definition) is 4. The lowest BCUT2D eigenvalue weighted by molar-refractivity contribution is -0.115. The molecule has 2 fully saturated rings. The summed E-state index contributed by atoms with van der Waals surface area (Å²) in [6.45, 7) is 10.4. The molecule has 2 saturated heterocycles. The second kappa shape index (κ2) is 7.13. The molecular formula is C22H30N4O3. The van der Waals surface area contributed by atoms with Gasteiger partial charge in [0.05, 0.1) is 17.8 Å². The summed E-state index contributed by atoms with van der Waals surface area (Å²) in [4.78, 5) is 30.3. The zero-order valence-corrected chi connectivity index (χ0v) is 17.7. The highest BCUT2D eigenvalue weighted by Gasteiger charge is 2.56. The third kappa shape index (κ3) is 3.41. The molecule has 1 amide bonds. The van der Waals surface area contributed by atoms with E-state index in [0.717, 1.165) is 30.4 Å². The molecule has 0 bridgehead atoms. The number of ether oxygens (including phenoxy) is 1. The third-order valence-electron chi connectivity index (χ3n) is 6.33. The van der Waals surface area contributed by atoms with Crippen molar-refractivity contribution < 1.29 is 9.53 Å². The zero-order chi connectivity index (χ0) is 20.8. The van der Waals surface area contributed by atoms with Crippen molar-refractivity contribution in [3.05, 3.63) is 51.7 Å². The van der Waals surface area contributed by atoms with Gasteiger partial charge in [-0.2, -0.15) is 5.10 Å².